The Hall–Kier alpha value is -1.66. The second-order valence-corrected chi connectivity index (χ2v) is 5.07. The molecule has 1 N–H and O–H groups in total. The number of nitro groups is 1. The number of halogens is 1. The molecule has 0 fully saturated rings. The third-order valence-corrected chi connectivity index (χ3v) is 3.04. The van der Waals surface area contributed by atoms with Crippen LogP contribution in [-0.2, 0) is 0 Å². The second kappa shape index (κ2) is 7.81. The Kier molecular flexibility index (Phi) is 6.41. The van der Waals surface area contributed by atoms with E-state index in [1.54, 1.807) is 0 Å². The zero-order chi connectivity index (χ0) is 15.1. The fourth-order valence-corrected chi connectivity index (χ4v) is 1.98. The summed E-state index contributed by atoms with van der Waals surface area (Å²) in [5.41, 5.74) is -0.352. The summed E-state index contributed by atoms with van der Waals surface area (Å²) < 4.78 is 0. The van der Waals surface area contributed by atoms with Gasteiger partial charge in [-0.25, -0.2) is 0 Å². The Labute approximate surface area is 122 Å². The van der Waals surface area contributed by atoms with Crippen molar-refractivity contribution < 1.29 is 9.72 Å². The number of nitrogens with one attached hydrogen (secondary N) is 1. The molecule has 20 heavy (non-hydrogen) atoms. The average molecular weight is 300 g/mol. The van der Waals surface area contributed by atoms with Gasteiger partial charge in [0.2, 0.25) is 0 Å². The highest BCUT2D eigenvalue weighted by Gasteiger charge is 2.23. The minimum Gasteiger partial charge on any atom is -0.352 e. The van der Waals surface area contributed by atoms with Gasteiger partial charge in [-0.1, -0.05) is 17.7 Å². The minimum absolute atomic E-state index is 0.00453. The van der Waals surface area contributed by atoms with Crippen LogP contribution in [0.15, 0.2) is 18.2 Å². The Morgan fingerprint density at radius 2 is 2.10 bits per heavy atom. The van der Waals surface area contributed by atoms with Gasteiger partial charge in [0.25, 0.3) is 5.91 Å². The topological polar surface area (TPSA) is 75.5 Å². The van der Waals surface area contributed by atoms with Gasteiger partial charge in [0.05, 0.1) is 4.92 Å². The molecular formula is C13H18ClN3O3. The van der Waals surface area contributed by atoms with Gasteiger partial charge in [-0.05, 0) is 45.6 Å². The van der Waals surface area contributed by atoms with Crippen LogP contribution in [0.5, 0.6) is 0 Å². The summed E-state index contributed by atoms with van der Waals surface area (Å²) in [6, 6.07) is 4.32. The molecule has 1 aromatic carbocycles. The zero-order valence-corrected chi connectivity index (χ0v) is 12.3. The molecule has 0 saturated carbocycles. The van der Waals surface area contributed by atoms with Crippen LogP contribution in [-0.4, -0.2) is 42.9 Å². The molecule has 1 rings (SSSR count). The van der Waals surface area contributed by atoms with Crippen LogP contribution in [0.25, 0.3) is 0 Å². The van der Waals surface area contributed by atoms with Crippen molar-refractivity contribution >= 4 is 23.2 Å². The number of hydrogen-bond donors (Lipinski definition) is 1. The van der Waals surface area contributed by atoms with E-state index in [1.807, 2.05) is 14.1 Å². The Balaban J connectivity index is 2.60. The standard InChI is InChI=1S/C13H18ClN3O3/c1-16(2)9-4-3-8-15-13(18)10-6-5-7-11(14)12(10)17(19)20/h5-7H,3-4,8-9H2,1-2H3,(H,15,18). The third kappa shape index (κ3) is 4.79. The van der Waals surface area contributed by atoms with Crippen LogP contribution in [0.1, 0.15) is 23.2 Å². The molecule has 1 aromatic rings. The van der Waals surface area contributed by atoms with Crippen molar-refractivity contribution in [3.63, 3.8) is 0 Å². The van der Waals surface area contributed by atoms with E-state index in [2.05, 4.69) is 10.2 Å². The van der Waals surface area contributed by atoms with Crippen LogP contribution in [0.3, 0.4) is 0 Å². The summed E-state index contributed by atoms with van der Waals surface area (Å²) in [5, 5.41) is 13.6. The molecule has 0 saturated heterocycles. The van der Waals surface area contributed by atoms with Crippen molar-refractivity contribution in [1.82, 2.24) is 10.2 Å². The highest BCUT2D eigenvalue weighted by molar-refractivity contribution is 6.33. The predicted molar refractivity (Wildman–Crippen MR) is 78.2 cm³/mol. The molecule has 0 aromatic heterocycles. The Bertz CT molecular complexity index is 492. The van der Waals surface area contributed by atoms with Crippen LogP contribution in [0.2, 0.25) is 5.02 Å². The van der Waals surface area contributed by atoms with Gasteiger partial charge >= 0.3 is 5.69 Å². The first-order chi connectivity index (χ1) is 9.43. The van der Waals surface area contributed by atoms with Gasteiger partial charge in [-0.2, -0.15) is 0 Å². The van der Waals surface area contributed by atoms with Crippen molar-refractivity contribution in [2.45, 2.75) is 12.8 Å². The fraction of sp³-hybridized carbons (Fsp3) is 0.462. The SMILES string of the molecule is CN(C)CCCCNC(=O)c1cccc(Cl)c1[N+](=O)[O-]. The van der Waals surface area contributed by atoms with E-state index in [1.165, 1.54) is 18.2 Å². The van der Waals surface area contributed by atoms with E-state index < -0.39 is 10.8 Å². The molecule has 0 radical (unpaired) electrons. The monoisotopic (exact) mass is 299 g/mol. The largest absolute Gasteiger partial charge is 0.352 e. The molecule has 0 atom stereocenters. The molecule has 0 unspecified atom stereocenters. The maximum absolute atomic E-state index is 11.9. The summed E-state index contributed by atoms with van der Waals surface area (Å²) in [6.45, 7) is 1.42. The van der Waals surface area contributed by atoms with Crippen molar-refractivity contribution in [3.8, 4) is 0 Å². The summed E-state index contributed by atoms with van der Waals surface area (Å²) in [6.07, 6.45) is 1.77. The highest BCUT2D eigenvalue weighted by Crippen LogP contribution is 2.27. The Morgan fingerprint density at radius 3 is 2.70 bits per heavy atom. The van der Waals surface area contributed by atoms with Crippen LogP contribution in [0, 0.1) is 10.1 Å². The minimum atomic E-state index is -0.636. The fourth-order valence-electron chi connectivity index (χ4n) is 1.73. The third-order valence-electron chi connectivity index (χ3n) is 2.73. The highest BCUT2D eigenvalue weighted by atomic mass is 35.5. The summed E-state index contributed by atoms with van der Waals surface area (Å²) >= 11 is 5.76. The van der Waals surface area contributed by atoms with E-state index >= 15 is 0 Å². The molecule has 0 aliphatic rings. The van der Waals surface area contributed by atoms with Crippen LogP contribution >= 0.6 is 11.6 Å². The molecule has 0 heterocycles. The number of carbonyl (C=O) groups is 1. The molecule has 1 amide bonds. The van der Waals surface area contributed by atoms with Crippen molar-refractivity contribution in [2.24, 2.45) is 0 Å². The molecular weight excluding hydrogens is 282 g/mol. The van der Waals surface area contributed by atoms with E-state index in [-0.39, 0.29) is 16.3 Å². The maximum atomic E-state index is 11.9. The molecule has 0 bridgehead atoms. The number of unbranched alkanes of at least 4 members (excludes halogenated alkanes) is 1. The van der Waals surface area contributed by atoms with E-state index in [9.17, 15) is 14.9 Å². The quantitative estimate of drug-likeness (QED) is 0.476. The van der Waals surface area contributed by atoms with Gasteiger partial charge < -0.3 is 10.2 Å². The zero-order valence-electron chi connectivity index (χ0n) is 11.6. The molecule has 110 valence electrons. The molecule has 6 nitrogen and oxygen atoms in total. The number of nitrogens with zero attached hydrogens (tertiary/aromatic N) is 2. The predicted octanol–water partition coefficient (Wildman–Crippen LogP) is 2.32. The van der Waals surface area contributed by atoms with Crippen molar-refractivity contribution in [3.05, 3.63) is 38.9 Å². The first kappa shape index (κ1) is 16.4. The van der Waals surface area contributed by atoms with Crippen LogP contribution in [0.4, 0.5) is 5.69 Å². The van der Waals surface area contributed by atoms with E-state index in [0.29, 0.717) is 6.54 Å². The van der Waals surface area contributed by atoms with Gasteiger partial charge in [-0.15, -0.1) is 0 Å². The summed E-state index contributed by atoms with van der Waals surface area (Å²) in [7, 11) is 3.96. The van der Waals surface area contributed by atoms with E-state index in [4.69, 9.17) is 11.6 Å². The normalized spacial score (nSPS) is 10.6. The number of rotatable bonds is 7. The first-order valence-corrected chi connectivity index (χ1v) is 6.67. The number of nitro benzene ring substituents is 1. The van der Waals surface area contributed by atoms with Crippen molar-refractivity contribution in [1.29, 1.82) is 0 Å². The molecule has 0 aliphatic carbocycles. The molecule has 7 heteroatoms. The molecule has 0 aliphatic heterocycles. The maximum Gasteiger partial charge on any atom is 0.300 e. The lowest BCUT2D eigenvalue weighted by atomic mass is 10.1. The lowest BCUT2D eigenvalue weighted by molar-refractivity contribution is -0.385. The number of benzene rings is 1. The number of hydrogen-bond acceptors (Lipinski definition) is 4. The lowest BCUT2D eigenvalue weighted by Crippen LogP contribution is -2.26. The summed E-state index contributed by atoms with van der Waals surface area (Å²) in [4.78, 5) is 24.3. The number of amides is 1. The Morgan fingerprint density at radius 1 is 1.40 bits per heavy atom. The average Bonchev–Trinajstić information content (AvgIpc) is 2.36. The van der Waals surface area contributed by atoms with Crippen LogP contribution < -0.4 is 5.32 Å². The smallest absolute Gasteiger partial charge is 0.300 e. The number of carbonyl (C=O) groups excluding carboxylic acids is 1. The van der Waals surface area contributed by atoms with Gasteiger partial charge in [0, 0.05) is 6.54 Å². The van der Waals surface area contributed by atoms with Gasteiger partial charge in [0.1, 0.15) is 10.6 Å². The second-order valence-electron chi connectivity index (χ2n) is 4.66. The molecule has 0 spiro atoms. The summed E-state index contributed by atoms with van der Waals surface area (Å²) in [5.74, 6) is -0.468. The first-order valence-electron chi connectivity index (χ1n) is 6.29. The van der Waals surface area contributed by atoms with E-state index in [0.717, 1.165) is 19.4 Å². The number of para-hydroxylation sites is 1. The van der Waals surface area contributed by atoms with Gasteiger partial charge in [0.15, 0.2) is 0 Å². The lowest BCUT2D eigenvalue weighted by Gasteiger charge is -2.09. The van der Waals surface area contributed by atoms with Crippen molar-refractivity contribution in [2.75, 3.05) is 27.2 Å². The van der Waals surface area contributed by atoms with Gasteiger partial charge in [-0.3, -0.25) is 14.9 Å².